The number of ether oxygens (including phenoxy) is 4. The van der Waals surface area contributed by atoms with Gasteiger partial charge in [-0.1, -0.05) is 36.4 Å². The van der Waals surface area contributed by atoms with Crippen LogP contribution in [0.5, 0.6) is 5.75 Å². The molecule has 0 saturated carbocycles. The van der Waals surface area contributed by atoms with E-state index in [4.69, 9.17) is 18.9 Å². The lowest BCUT2D eigenvalue weighted by Crippen LogP contribution is -2.38. The first-order valence-electron chi connectivity index (χ1n) is 14.3. The molecule has 1 aromatic heterocycles. The number of methoxy groups -OCH3 is 1. The van der Waals surface area contributed by atoms with Crippen molar-refractivity contribution in [3.05, 3.63) is 108 Å². The Bertz CT molecular complexity index is 1290. The van der Waals surface area contributed by atoms with Crippen LogP contribution >= 0.6 is 0 Å². The van der Waals surface area contributed by atoms with Crippen molar-refractivity contribution >= 4 is 5.69 Å². The average molecular weight is 557 g/mol. The lowest BCUT2D eigenvalue weighted by Gasteiger charge is -2.26. The van der Waals surface area contributed by atoms with E-state index in [0.29, 0.717) is 19.8 Å². The van der Waals surface area contributed by atoms with Crippen LogP contribution in [0.3, 0.4) is 0 Å². The van der Waals surface area contributed by atoms with Gasteiger partial charge in [0.1, 0.15) is 5.75 Å². The van der Waals surface area contributed by atoms with Crippen LogP contribution in [0.1, 0.15) is 16.7 Å². The molecule has 1 aliphatic heterocycles. The maximum atomic E-state index is 5.88. The molecule has 0 atom stereocenters. The molecule has 216 valence electrons. The highest BCUT2D eigenvalue weighted by Crippen LogP contribution is 2.23. The fourth-order valence-electron chi connectivity index (χ4n) is 4.86. The van der Waals surface area contributed by atoms with Gasteiger partial charge in [0.25, 0.3) is 0 Å². The molecule has 0 radical (unpaired) electrons. The molecule has 5 rings (SSSR count). The third-order valence-corrected chi connectivity index (χ3v) is 7.18. The molecule has 0 bridgehead atoms. The molecule has 0 amide bonds. The zero-order valence-corrected chi connectivity index (χ0v) is 23.9. The van der Waals surface area contributed by atoms with Crippen LogP contribution < -0.4 is 9.64 Å². The summed E-state index contributed by atoms with van der Waals surface area (Å²) in [6.07, 6.45) is 3.75. The summed E-state index contributed by atoms with van der Waals surface area (Å²) >= 11 is 0. The van der Waals surface area contributed by atoms with Crippen LogP contribution in [0.2, 0.25) is 0 Å². The zero-order valence-electron chi connectivity index (χ0n) is 23.9. The van der Waals surface area contributed by atoms with Gasteiger partial charge in [-0.15, -0.1) is 0 Å². The van der Waals surface area contributed by atoms with E-state index in [-0.39, 0.29) is 0 Å². The fourth-order valence-corrected chi connectivity index (χ4v) is 4.86. The van der Waals surface area contributed by atoms with Gasteiger partial charge in [0, 0.05) is 50.8 Å². The van der Waals surface area contributed by atoms with Crippen molar-refractivity contribution in [3.63, 3.8) is 0 Å². The van der Waals surface area contributed by atoms with Crippen LogP contribution in [0.25, 0.3) is 5.69 Å². The van der Waals surface area contributed by atoms with Gasteiger partial charge in [-0.25, -0.2) is 4.68 Å². The number of hydrogen-bond acceptors (Lipinski definition) is 7. The quantitative estimate of drug-likeness (QED) is 0.192. The molecule has 1 fully saturated rings. The van der Waals surface area contributed by atoms with E-state index in [1.807, 2.05) is 29.1 Å². The van der Waals surface area contributed by atoms with Crippen LogP contribution in [-0.4, -0.2) is 74.5 Å². The molecule has 8 heteroatoms. The molecule has 0 spiro atoms. The van der Waals surface area contributed by atoms with Gasteiger partial charge in [0.05, 0.1) is 52.4 Å². The first-order chi connectivity index (χ1) is 20.3. The molecule has 0 aliphatic carbocycles. The van der Waals surface area contributed by atoms with Crippen molar-refractivity contribution in [2.24, 2.45) is 0 Å². The Kier molecular flexibility index (Phi) is 10.8. The molecule has 41 heavy (non-hydrogen) atoms. The van der Waals surface area contributed by atoms with E-state index in [1.54, 1.807) is 13.3 Å². The Balaban J connectivity index is 1.15. The second-order valence-corrected chi connectivity index (χ2v) is 10.1. The van der Waals surface area contributed by atoms with Crippen molar-refractivity contribution in [1.82, 2.24) is 14.7 Å². The maximum Gasteiger partial charge on any atom is 0.119 e. The number of rotatable bonds is 15. The van der Waals surface area contributed by atoms with E-state index in [0.717, 1.165) is 75.2 Å². The van der Waals surface area contributed by atoms with Gasteiger partial charge in [-0.2, -0.15) is 5.10 Å². The standard InChI is InChI=1S/C33H40N4O4/c1-38-33-5-2-4-30(24-33)26-36(25-28-6-12-32(13-7-28)37-15-3-14-34-37)31-10-8-29(9-11-31)27-41-23-22-40-21-18-35-16-19-39-20-17-35/h2-15,24H,16-23,25-27H2,1H3. The summed E-state index contributed by atoms with van der Waals surface area (Å²) in [5.41, 5.74) is 5.76. The van der Waals surface area contributed by atoms with E-state index >= 15 is 0 Å². The fraction of sp³-hybridized carbons (Fsp3) is 0.364. The number of morpholine rings is 1. The molecule has 8 nitrogen and oxygen atoms in total. The molecule has 4 aromatic rings. The Morgan fingerprint density at radius 2 is 1.56 bits per heavy atom. The summed E-state index contributed by atoms with van der Waals surface area (Å²) in [5.74, 6) is 0.864. The van der Waals surface area contributed by atoms with Gasteiger partial charge < -0.3 is 23.8 Å². The summed E-state index contributed by atoms with van der Waals surface area (Å²) in [5, 5.41) is 4.33. The van der Waals surface area contributed by atoms with E-state index < -0.39 is 0 Å². The summed E-state index contributed by atoms with van der Waals surface area (Å²) < 4.78 is 24.4. The topological polar surface area (TPSA) is 61.2 Å². The molecule has 0 unspecified atom stereocenters. The van der Waals surface area contributed by atoms with Crippen LogP contribution in [0, 0.1) is 0 Å². The minimum absolute atomic E-state index is 0.567. The van der Waals surface area contributed by atoms with Crippen LogP contribution in [0.15, 0.2) is 91.3 Å². The lowest BCUT2D eigenvalue weighted by atomic mass is 10.1. The SMILES string of the molecule is COc1cccc(CN(Cc2ccc(-n3cccn3)cc2)c2ccc(COCCOCCN3CCOCC3)cc2)c1. The highest BCUT2D eigenvalue weighted by atomic mass is 16.5. The predicted molar refractivity (Wildman–Crippen MR) is 161 cm³/mol. The maximum absolute atomic E-state index is 5.88. The molecular weight excluding hydrogens is 516 g/mol. The van der Waals surface area contributed by atoms with E-state index in [9.17, 15) is 0 Å². The van der Waals surface area contributed by atoms with Crippen molar-refractivity contribution in [3.8, 4) is 11.4 Å². The normalized spacial score (nSPS) is 13.8. The van der Waals surface area contributed by atoms with Gasteiger partial charge in [-0.3, -0.25) is 4.90 Å². The smallest absolute Gasteiger partial charge is 0.119 e. The minimum Gasteiger partial charge on any atom is -0.497 e. The molecule has 2 heterocycles. The van der Waals surface area contributed by atoms with Crippen molar-refractivity contribution in [1.29, 1.82) is 0 Å². The Morgan fingerprint density at radius 3 is 2.32 bits per heavy atom. The van der Waals surface area contributed by atoms with Gasteiger partial charge in [0.2, 0.25) is 0 Å². The van der Waals surface area contributed by atoms with E-state index in [2.05, 4.69) is 75.6 Å². The molecular formula is C33H40N4O4. The summed E-state index contributed by atoms with van der Waals surface area (Å²) in [6.45, 7) is 8.59. The Labute approximate surface area is 243 Å². The largest absolute Gasteiger partial charge is 0.497 e. The summed E-state index contributed by atoms with van der Waals surface area (Å²) in [4.78, 5) is 4.75. The first-order valence-corrected chi connectivity index (χ1v) is 14.3. The summed E-state index contributed by atoms with van der Waals surface area (Å²) in [6, 6.07) is 27.4. The number of hydrogen-bond donors (Lipinski definition) is 0. The van der Waals surface area contributed by atoms with E-state index in [1.165, 1.54) is 11.1 Å². The second kappa shape index (κ2) is 15.3. The molecule has 3 aromatic carbocycles. The molecule has 1 aliphatic rings. The highest BCUT2D eigenvalue weighted by molar-refractivity contribution is 5.49. The monoisotopic (exact) mass is 556 g/mol. The highest BCUT2D eigenvalue weighted by Gasteiger charge is 2.11. The zero-order chi connectivity index (χ0) is 28.1. The minimum atomic E-state index is 0.567. The number of nitrogens with zero attached hydrogens (tertiary/aromatic N) is 4. The predicted octanol–water partition coefficient (Wildman–Crippen LogP) is 4.95. The third kappa shape index (κ3) is 8.90. The number of anilines is 1. The average Bonchev–Trinajstić information content (AvgIpc) is 3.57. The van der Waals surface area contributed by atoms with Crippen LogP contribution in [-0.2, 0) is 33.9 Å². The van der Waals surface area contributed by atoms with Crippen molar-refractivity contribution in [2.45, 2.75) is 19.7 Å². The molecule has 1 saturated heterocycles. The van der Waals surface area contributed by atoms with Crippen molar-refractivity contribution < 1.29 is 18.9 Å². The van der Waals surface area contributed by atoms with Crippen molar-refractivity contribution in [2.75, 3.05) is 64.7 Å². The van der Waals surface area contributed by atoms with Crippen LogP contribution in [0.4, 0.5) is 5.69 Å². The lowest BCUT2D eigenvalue weighted by molar-refractivity contribution is 0.00585. The number of aromatic nitrogens is 2. The number of benzene rings is 3. The first kappa shape index (κ1) is 28.8. The second-order valence-electron chi connectivity index (χ2n) is 10.1. The Hall–Kier alpha value is -3.69. The summed E-state index contributed by atoms with van der Waals surface area (Å²) in [7, 11) is 1.70. The third-order valence-electron chi connectivity index (χ3n) is 7.18. The Morgan fingerprint density at radius 1 is 0.805 bits per heavy atom. The van der Waals surface area contributed by atoms with Gasteiger partial charge in [0.15, 0.2) is 0 Å². The van der Waals surface area contributed by atoms with Gasteiger partial charge in [-0.05, 0) is 59.2 Å². The molecule has 0 N–H and O–H groups in total. The van der Waals surface area contributed by atoms with Gasteiger partial charge >= 0.3 is 0 Å².